The van der Waals surface area contributed by atoms with E-state index in [0.717, 1.165) is 36.9 Å². The van der Waals surface area contributed by atoms with Gasteiger partial charge in [0.2, 0.25) is 0 Å². The molecule has 31 heavy (non-hydrogen) atoms. The van der Waals surface area contributed by atoms with Crippen LogP contribution in [-0.2, 0) is 24.2 Å². The van der Waals surface area contributed by atoms with Crippen LogP contribution >= 0.6 is 11.3 Å². The van der Waals surface area contributed by atoms with Crippen molar-refractivity contribution >= 4 is 38.2 Å². The summed E-state index contributed by atoms with van der Waals surface area (Å²) < 4.78 is 28.3. The number of aromatic nitrogens is 1. The van der Waals surface area contributed by atoms with Crippen LogP contribution in [0.25, 0.3) is 11.3 Å². The molecule has 1 unspecified atom stereocenters. The van der Waals surface area contributed by atoms with Crippen molar-refractivity contribution in [1.82, 2.24) is 4.98 Å². The Labute approximate surface area is 187 Å². The summed E-state index contributed by atoms with van der Waals surface area (Å²) in [5.41, 5.74) is 1.76. The lowest BCUT2D eigenvalue weighted by molar-refractivity contribution is -0.151. The van der Waals surface area contributed by atoms with Crippen molar-refractivity contribution in [3.8, 4) is 11.3 Å². The Hall–Kier alpha value is -2.26. The minimum atomic E-state index is -3.18. The van der Waals surface area contributed by atoms with Crippen molar-refractivity contribution in [3.05, 3.63) is 35.7 Å². The predicted octanol–water partition coefficient (Wildman–Crippen LogP) is 3.70. The molecule has 0 saturated carbocycles. The van der Waals surface area contributed by atoms with Crippen molar-refractivity contribution in [2.24, 2.45) is 5.92 Å². The first kappa shape index (κ1) is 23.4. The monoisotopic (exact) mass is 464 g/mol. The second kappa shape index (κ2) is 10.9. The van der Waals surface area contributed by atoms with E-state index in [1.54, 1.807) is 4.90 Å². The summed E-state index contributed by atoms with van der Waals surface area (Å²) in [6, 6.07) is 9.73. The zero-order chi connectivity index (χ0) is 22.3. The molecule has 2 heterocycles. The molecular weight excluding hydrogens is 436 g/mol. The first-order valence-corrected chi connectivity index (χ1v) is 13.3. The van der Waals surface area contributed by atoms with Gasteiger partial charge < -0.3 is 4.74 Å². The van der Waals surface area contributed by atoms with E-state index in [2.05, 4.69) is 11.9 Å². The molecule has 1 atom stereocenters. The van der Waals surface area contributed by atoms with Gasteiger partial charge in [0, 0.05) is 17.5 Å². The molecule has 3 rings (SSSR count). The molecule has 1 amide bonds. The molecule has 2 aromatic rings. The van der Waals surface area contributed by atoms with Crippen LogP contribution in [0.1, 0.15) is 39.0 Å². The van der Waals surface area contributed by atoms with E-state index < -0.39 is 28.3 Å². The fourth-order valence-corrected chi connectivity index (χ4v) is 6.07. The largest absolute Gasteiger partial charge is 0.455 e. The fourth-order valence-electron chi connectivity index (χ4n) is 3.46. The fraction of sp³-hybridized carbons (Fsp3) is 0.500. The Morgan fingerprint density at radius 3 is 2.65 bits per heavy atom. The standard InChI is InChI=1S/C22H28N2O5S2/c1-2-3-4-8-12-24(22-23-19(15-30-22)17-9-6-5-7-10-17)20(25)14-29-21(26)18-11-13-31(27,28)16-18/h5-7,9-10,15,18H,2-4,8,11-14,16H2,1H3. The first-order chi connectivity index (χ1) is 14.9. The lowest BCUT2D eigenvalue weighted by atomic mass is 10.1. The van der Waals surface area contributed by atoms with Crippen LogP contribution in [0, 0.1) is 5.92 Å². The van der Waals surface area contributed by atoms with Crippen LogP contribution in [-0.4, -0.2) is 49.9 Å². The minimum Gasteiger partial charge on any atom is -0.455 e. The van der Waals surface area contributed by atoms with Gasteiger partial charge in [0.05, 0.1) is 23.1 Å². The number of hydrogen-bond donors (Lipinski definition) is 0. The van der Waals surface area contributed by atoms with E-state index in [0.29, 0.717) is 11.7 Å². The van der Waals surface area contributed by atoms with Crippen molar-refractivity contribution in [2.75, 3.05) is 29.6 Å². The van der Waals surface area contributed by atoms with Gasteiger partial charge in [-0.1, -0.05) is 56.5 Å². The molecule has 1 aliphatic rings. The molecule has 9 heteroatoms. The molecular formula is C22H28N2O5S2. The smallest absolute Gasteiger partial charge is 0.310 e. The molecule has 1 aromatic heterocycles. The number of carbonyl (C=O) groups excluding carboxylic acids is 2. The van der Waals surface area contributed by atoms with Gasteiger partial charge in [-0.2, -0.15) is 0 Å². The first-order valence-electron chi connectivity index (χ1n) is 10.6. The van der Waals surface area contributed by atoms with Gasteiger partial charge in [0.25, 0.3) is 5.91 Å². The Kier molecular flexibility index (Phi) is 8.20. The molecule has 1 aliphatic heterocycles. The lowest BCUT2D eigenvalue weighted by Gasteiger charge is -2.20. The normalized spacial score (nSPS) is 17.4. The van der Waals surface area contributed by atoms with Crippen LogP contribution in [0.15, 0.2) is 35.7 Å². The summed E-state index contributed by atoms with van der Waals surface area (Å²) in [4.78, 5) is 31.3. The van der Waals surface area contributed by atoms with Crippen molar-refractivity contribution in [1.29, 1.82) is 0 Å². The second-order valence-electron chi connectivity index (χ2n) is 7.70. The molecule has 0 aliphatic carbocycles. The van der Waals surface area contributed by atoms with Gasteiger partial charge in [-0.3, -0.25) is 14.5 Å². The van der Waals surface area contributed by atoms with Gasteiger partial charge in [-0.05, 0) is 12.8 Å². The van der Waals surface area contributed by atoms with Crippen LogP contribution in [0.5, 0.6) is 0 Å². The molecule has 168 valence electrons. The van der Waals surface area contributed by atoms with Crippen LogP contribution in [0.3, 0.4) is 0 Å². The number of nitrogens with zero attached hydrogens (tertiary/aromatic N) is 2. The van der Waals surface area contributed by atoms with Crippen LogP contribution < -0.4 is 4.90 Å². The highest BCUT2D eigenvalue weighted by Gasteiger charge is 2.34. The zero-order valence-corrected chi connectivity index (χ0v) is 19.3. The number of sulfone groups is 1. The number of benzene rings is 1. The maximum atomic E-state index is 12.9. The average Bonchev–Trinajstić information content (AvgIpc) is 3.39. The highest BCUT2D eigenvalue weighted by molar-refractivity contribution is 7.91. The summed E-state index contributed by atoms with van der Waals surface area (Å²) in [7, 11) is -3.18. The predicted molar refractivity (Wildman–Crippen MR) is 122 cm³/mol. The Morgan fingerprint density at radius 1 is 1.19 bits per heavy atom. The average molecular weight is 465 g/mol. The molecule has 0 bridgehead atoms. The molecule has 0 spiro atoms. The lowest BCUT2D eigenvalue weighted by Crippen LogP contribution is -2.36. The summed E-state index contributed by atoms with van der Waals surface area (Å²) in [5, 5.41) is 2.48. The Morgan fingerprint density at radius 2 is 1.97 bits per heavy atom. The van der Waals surface area contributed by atoms with Gasteiger partial charge in [0.1, 0.15) is 0 Å². The third kappa shape index (κ3) is 6.61. The molecule has 1 saturated heterocycles. The van der Waals surface area contributed by atoms with E-state index in [9.17, 15) is 18.0 Å². The van der Waals surface area contributed by atoms with Crippen LogP contribution in [0.2, 0.25) is 0 Å². The SMILES string of the molecule is CCCCCCN(C(=O)COC(=O)C1CCS(=O)(=O)C1)c1nc(-c2ccccc2)cs1. The molecule has 1 aromatic carbocycles. The quantitative estimate of drug-likeness (QED) is 0.393. The van der Waals surface area contributed by atoms with E-state index >= 15 is 0 Å². The van der Waals surface area contributed by atoms with E-state index in [4.69, 9.17) is 4.74 Å². The van der Waals surface area contributed by atoms with Crippen molar-refractivity contribution in [2.45, 2.75) is 39.0 Å². The number of esters is 1. The summed E-state index contributed by atoms with van der Waals surface area (Å²) in [6.45, 7) is 2.21. The van der Waals surface area contributed by atoms with E-state index in [-0.39, 0.29) is 23.8 Å². The maximum absolute atomic E-state index is 12.9. The molecule has 0 N–H and O–H groups in total. The van der Waals surface area contributed by atoms with E-state index in [1.165, 1.54) is 11.3 Å². The number of ether oxygens (including phenoxy) is 1. The van der Waals surface area contributed by atoms with E-state index in [1.807, 2.05) is 35.7 Å². The zero-order valence-electron chi connectivity index (χ0n) is 17.7. The van der Waals surface area contributed by atoms with Crippen molar-refractivity contribution in [3.63, 3.8) is 0 Å². The van der Waals surface area contributed by atoms with Gasteiger partial charge >= 0.3 is 5.97 Å². The Balaban J connectivity index is 1.66. The summed E-state index contributed by atoms with van der Waals surface area (Å²) in [6.07, 6.45) is 4.25. The number of thiazole rings is 1. The molecule has 7 nitrogen and oxygen atoms in total. The number of hydrogen-bond acceptors (Lipinski definition) is 7. The third-order valence-corrected chi connectivity index (χ3v) is 7.86. The summed E-state index contributed by atoms with van der Waals surface area (Å²) in [5.74, 6) is -1.86. The maximum Gasteiger partial charge on any atom is 0.310 e. The number of amides is 1. The number of unbranched alkanes of at least 4 members (excludes halogenated alkanes) is 3. The van der Waals surface area contributed by atoms with Crippen LogP contribution in [0.4, 0.5) is 5.13 Å². The van der Waals surface area contributed by atoms with Gasteiger partial charge in [-0.15, -0.1) is 11.3 Å². The van der Waals surface area contributed by atoms with Crippen molar-refractivity contribution < 1.29 is 22.7 Å². The highest BCUT2D eigenvalue weighted by Crippen LogP contribution is 2.28. The van der Waals surface area contributed by atoms with Gasteiger partial charge in [0.15, 0.2) is 21.6 Å². The topological polar surface area (TPSA) is 93.6 Å². The highest BCUT2D eigenvalue weighted by atomic mass is 32.2. The number of carbonyl (C=O) groups is 2. The Bertz CT molecular complexity index is 988. The second-order valence-corrected chi connectivity index (χ2v) is 10.8. The molecule has 0 radical (unpaired) electrons. The third-order valence-electron chi connectivity index (χ3n) is 5.23. The minimum absolute atomic E-state index is 0.00829. The molecule has 1 fully saturated rings. The van der Waals surface area contributed by atoms with Gasteiger partial charge in [-0.25, -0.2) is 13.4 Å². The number of rotatable bonds is 10. The number of anilines is 1. The summed E-state index contributed by atoms with van der Waals surface area (Å²) >= 11 is 1.38.